The first-order valence-electron chi connectivity index (χ1n) is 6.46. The molecule has 0 heterocycles. The number of hydrogen-bond acceptors (Lipinski definition) is 6. The Morgan fingerprint density at radius 1 is 1.29 bits per heavy atom. The summed E-state index contributed by atoms with van der Waals surface area (Å²) in [5.74, 6) is -0.545. The van der Waals surface area contributed by atoms with E-state index in [2.05, 4.69) is 5.32 Å². The molecule has 1 amide bonds. The van der Waals surface area contributed by atoms with Crippen LogP contribution in [0, 0.1) is 0 Å². The molecule has 21 heavy (non-hydrogen) atoms. The standard InChI is InChI=1S/C13H23NO6S/c1-6-19-11(15)9-10(7-8-21(5,17)18)14-12(16)20-13(2,3)4/h7-8,10H,6,9H2,1-5H3,(H,14,16). The molecule has 7 nitrogen and oxygen atoms in total. The van der Waals surface area contributed by atoms with E-state index in [1.54, 1.807) is 27.7 Å². The van der Waals surface area contributed by atoms with Gasteiger partial charge in [0.05, 0.1) is 19.1 Å². The number of carbonyl (C=O) groups is 2. The topological polar surface area (TPSA) is 98.8 Å². The summed E-state index contributed by atoms with van der Waals surface area (Å²) in [6.45, 7) is 6.94. The molecular formula is C13H23NO6S. The van der Waals surface area contributed by atoms with Gasteiger partial charge in [-0.25, -0.2) is 13.2 Å². The summed E-state index contributed by atoms with van der Waals surface area (Å²) in [6, 6.07) is -0.825. The molecular weight excluding hydrogens is 298 g/mol. The Kier molecular flexibility index (Phi) is 7.42. The van der Waals surface area contributed by atoms with Crippen molar-refractivity contribution in [1.82, 2.24) is 5.32 Å². The fraction of sp³-hybridized carbons (Fsp3) is 0.692. The Morgan fingerprint density at radius 3 is 2.29 bits per heavy atom. The van der Waals surface area contributed by atoms with Crippen LogP contribution in [-0.4, -0.2) is 45.0 Å². The number of carbonyl (C=O) groups excluding carboxylic acids is 2. The number of nitrogens with one attached hydrogen (secondary N) is 1. The van der Waals surface area contributed by atoms with Gasteiger partial charge in [0.15, 0.2) is 9.84 Å². The lowest BCUT2D eigenvalue weighted by atomic mass is 10.2. The van der Waals surface area contributed by atoms with Crippen molar-refractivity contribution in [3.8, 4) is 0 Å². The van der Waals surface area contributed by atoms with Crippen LogP contribution < -0.4 is 5.32 Å². The summed E-state index contributed by atoms with van der Waals surface area (Å²) in [5.41, 5.74) is -0.695. The minimum atomic E-state index is -3.36. The summed E-state index contributed by atoms with van der Waals surface area (Å²) < 4.78 is 32.1. The zero-order chi connectivity index (χ0) is 16.7. The molecule has 0 spiro atoms. The van der Waals surface area contributed by atoms with Crippen molar-refractivity contribution in [2.75, 3.05) is 12.9 Å². The van der Waals surface area contributed by atoms with E-state index < -0.39 is 33.5 Å². The lowest BCUT2D eigenvalue weighted by Gasteiger charge is -2.22. The van der Waals surface area contributed by atoms with Gasteiger partial charge in [-0.05, 0) is 27.7 Å². The molecule has 0 radical (unpaired) electrons. The van der Waals surface area contributed by atoms with Crippen molar-refractivity contribution < 1.29 is 27.5 Å². The zero-order valence-electron chi connectivity index (χ0n) is 13.0. The predicted molar refractivity (Wildman–Crippen MR) is 78.4 cm³/mol. The van der Waals surface area contributed by atoms with Gasteiger partial charge in [0.25, 0.3) is 0 Å². The summed E-state index contributed by atoms with van der Waals surface area (Å²) in [7, 11) is -3.36. The Bertz CT molecular complexity index is 489. The minimum Gasteiger partial charge on any atom is -0.466 e. The third-order valence-corrected chi connectivity index (χ3v) is 2.60. The lowest BCUT2D eigenvalue weighted by Crippen LogP contribution is -2.39. The van der Waals surface area contributed by atoms with Crippen molar-refractivity contribution >= 4 is 21.9 Å². The maximum absolute atomic E-state index is 11.7. The highest BCUT2D eigenvalue weighted by atomic mass is 32.2. The van der Waals surface area contributed by atoms with Crippen molar-refractivity contribution in [2.24, 2.45) is 0 Å². The van der Waals surface area contributed by atoms with Crippen LogP contribution in [0.1, 0.15) is 34.1 Å². The Hall–Kier alpha value is -1.57. The molecule has 1 unspecified atom stereocenters. The normalized spacial score (nSPS) is 13.8. The third-order valence-electron chi connectivity index (χ3n) is 1.95. The monoisotopic (exact) mass is 321 g/mol. The molecule has 0 aromatic rings. The molecule has 0 aliphatic rings. The Morgan fingerprint density at radius 2 is 1.86 bits per heavy atom. The molecule has 1 atom stereocenters. The smallest absolute Gasteiger partial charge is 0.408 e. The van der Waals surface area contributed by atoms with E-state index in [1.807, 2.05) is 0 Å². The highest BCUT2D eigenvalue weighted by Gasteiger charge is 2.20. The van der Waals surface area contributed by atoms with Crippen molar-refractivity contribution in [2.45, 2.75) is 45.8 Å². The van der Waals surface area contributed by atoms with Gasteiger partial charge in [-0.2, -0.15) is 0 Å². The van der Waals surface area contributed by atoms with Gasteiger partial charge in [-0.1, -0.05) is 6.08 Å². The van der Waals surface area contributed by atoms with Crippen LogP contribution in [0.4, 0.5) is 4.79 Å². The Balaban J connectivity index is 4.84. The SMILES string of the molecule is CCOC(=O)CC(C=CS(C)(=O)=O)NC(=O)OC(C)(C)C. The second-order valence-electron chi connectivity index (χ2n) is 5.42. The quantitative estimate of drug-likeness (QED) is 0.742. The number of alkyl carbamates (subject to hydrolysis) is 1. The van der Waals surface area contributed by atoms with Gasteiger partial charge >= 0.3 is 12.1 Å². The zero-order valence-corrected chi connectivity index (χ0v) is 13.8. The average molecular weight is 321 g/mol. The number of sulfone groups is 1. The predicted octanol–water partition coefficient (Wildman–Crippen LogP) is 1.39. The highest BCUT2D eigenvalue weighted by Crippen LogP contribution is 2.08. The van der Waals surface area contributed by atoms with Crippen LogP contribution in [0.5, 0.6) is 0 Å². The third kappa shape index (κ3) is 11.9. The molecule has 8 heteroatoms. The summed E-state index contributed by atoms with van der Waals surface area (Å²) in [5, 5.41) is 3.35. The number of amides is 1. The van der Waals surface area contributed by atoms with Crippen molar-refractivity contribution in [3.05, 3.63) is 11.5 Å². The minimum absolute atomic E-state index is 0.181. The van der Waals surface area contributed by atoms with E-state index in [-0.39, 0.29) is 13.0 Å². The van der Waals surface area contributed by atoms with Gasteiger partial charge in [0, 0.05) is 11.7 Å². The molecule has 122 valence electrons. The molecule has 0 bridgehead atoms. The molecule has 1 N–H and O–H groups in total. The molecule has 0 saturated carbocycles. The van der Waals surface area contributed by atoms with E-state index >= 15 is 0 Å². The van der Waals surface area contributed by atoms with Crippen LogP contribution in [-0.2, 0) is 24.1 Å². The van der Waals surface area contributed by atoms with Crippen LogP contribution in [0.3, 0.4) is 0 Å². The largest absolute Gasteiger partial charge is 0.466 e. The average Bonchev–Trinajstić information content (AvgIpc) is 2.22. The lowest BCUT2D eigenvalue weighted by molar-refractivity contribution is -0.143. The van der Waals surface area contributed by atoms with Crippen molar-refractivity contribution in [1.29, 1.82) is 0 Å². The number of ether oxygens (including phenoxy) is 2. The van der Waals surface area contributed by atoms with Gasteiger partial charge in [0.2, 0.25) is 0 Å². The maximum Gasteiger partial charge on any atom is 0.408 e. The molecule has 0 aromatic carbocycles. The van der Waals surface area contributed by atoms with E-state index in [9.17, 15) is 18.0 Å². The molecule has 0 aromatic heterocycles. The highest BCUT2D eigenvalue weighted by molar-refractivity contribution is 7.93. The van der Waals surface area contributed by atoms with Gasteiger partial charge in [0.1, 0.15) is 5.60 Å². The fourth-order valence-electron chi connectivity index (χ4n) is 1.26. The summed E-state index contributed by atoms with van der Waals surface area (Å²) in [4.78, 5) is 23.1. The van der Waals surface area contributed by atoms with E-state index in [1.165, 1.54) is 6.08 Å². The van der Waals surface area contributed by atoms with Crippen LogP contribution in [0.15, 0.2) is 11.5 Å². The van der Waals surface area contributed by atoms with Gasteiger partial charge < -0.3 is 14.8 Å². The molecule has 0 fully saturated rings. The van der Waals surface area contributed by atoms with Crippen LogP contribution in [0.25, 0.3) is 0 Å². The number of esters is 1. The first-order valence-corrected chi connectivity index (χ1v) is 8.42. The van der Waals surface area contributed by atoms with Gasteiger partial charge in [-0.3, -0.25) is 4.79 Å². The number of rotatable bonds is 6. The molecule has 0 aliphatic heterocycles. The number of hydrogen-bond donors (Lipinski definition) is 1. The molecule has 0 saturated heterocycles. The van der Waals surface area contributed by atoms with E-state index in [0.29, 0.717) is 0 Å². The molecule has 0 aliphatic carbocycles. The second-order valence-corrected chi connectivity index (χ2v) is 7.35. The molecule has 0 rings (SSSR count). The van der Waals surface area contributed by atoms with E-state index in [4.69, 9.17) is 9.47 Å². The maximum atomic E-state index is 11.7. The second kappa shape index (κ2) is 8.02. The van der Waals surface area contributed by atoms with Crippen LogP contribution in [0.2, 0.25) is 0 Å². The summed E-state index contributed by atoms with van der Waals surface area (Å²) in [6.07, 6.45) is 1.31. The first-order chi connectivity index (χ1) is 9.43. The Labute approximate surface area is 125 Å². The first kappa shape index (κ1) is 19.4. The fourth-order valence-corrected chi connectivity index (χ4v) is 1.74. The van der Waals surface area contributed by atoms with E-state index in [0.717, 1.165) is 11.7 Å². The van der Waals surface area contributed by atoms with Crippen molar-refractivity contribution in [3.63, 3.8) is 0 Å². The summed E-state index contributed by atoms with van der Waals surface area (Å²) >= 11 is 0. The van der Waals surface area contributed by atoms with Crippen LogP contribution >= 0.6 is 0 Å². The van der Waals surface area contributed by atoms with Gasteiger partial charge in [-0.15, -0.1) is 0 Å².